The summed E-state index contributed by atoms with van der Waals surface area (Å²) < 4.78 is 15.3. The van der Waals surface area contributed by atoms with Crippen LogP contribution in [0.2, 0.25) is 5.28 Å². The van der Waals surface area contributed by atoms with Gasteiger partial charge in [-0.2, -0.15) is 10.1 Å². The van der Waals surface area contributed by atoms with E-state index in [9.17, 15) is 4.39 Å². The largest absolute Gasteiger partial charge is 0.338 e. The lowest BCUT2D eigenvalue weighted by Gasteiger charge is -2.07. The summed E-state index contributed by atoms with van der Waals surface area (Å²) in [5.41, 5.74) is 1.63. The molecular formula is C12H9ClFN5. The highest BCUT2D eigenvalue weighted by Crippen LogP contribution is 2.22. The van der Waals surface area contributed by atoms with E-state index in [0.29, 0.717) is 5.69 Å². The van der Waals surface area contributed by atoms with Gasteiger partial charge in [-0.1, -0.05) is 0 Å². The van der Waals surface area contributed by atoms with Gasteiger partial charge in [0.05, 0.1) is 17.9 Å². The number of aromatic nitrogens is 4. The zero-order valence-electron chi connectivity index (χ0n) is 9.93. The molecule has 3 rings (SSSR count). The van der Waals surface area contributed by atoms with Crippen LogP contribution in [0.25, 0.3) is 10.9 Å². The summed E-state index contributed by atoms with van der Waals surface area (Å²) in [6.07, 6.45) is 2.79. The molecule has 0 aliphatic carbocycles. The summed E-state index contributed by atoms with van der Waals surface area (Å²) in [6.45, 7) is 0. The van der Waals surface area contributed by atoms with E-state index in [1.807, 2.05) is 25.2 Å². The molecule has 7 heteroatoms. The van der Waals surface area contributed by atoms with Crippen molar-refractivity contribution < 1.29 is 4.39 Å². The summed E-state index contributed by atoms with van der Waals surface area (Å²) in [4.78, 5) is 7.37. The van der Waals surface area contributed by atoms with Gasteiger partial charge in [0.25, 0.3) is 0 Å². The maximum atomic E-state index is 13.5. The van der Waals surface area contributed by atoms with Crippen LogP contribution in [0, 0.1) is 5.82 Å². The molecule has 96 valence electrons. The van der Waals surface area contributed by atoms with Gasteiger partial charge in [-0.05, 0) is 29.8 Å². The average molecular weight is 278 g/mol. The van der Waals surface area contributed by atoms with Gasteiger partial charge in [-0.25, -0.2) is 9.37 Å². The SMILES string of the molecule is Cn1ncc2ccc(Nc3nc(Cl)ncc3F)cc21. The number of halogens is 2. The fourth-order valence-corrected chi connectivity index (χ4v) is 1.93. The van der Waals surface area contributed by atoms with E-state index in [1.165, 1.54) is 0 Å². The third-order valence-electron chi connectivity index (χ3n) is 2.73. The van der Waals surface area contributed by atoms with E-state index in [-0.39, 0.29) is 11.1 Å². The predicted octanol–water partition coefficient (Wildman–Crippen LogP) is 2.90. The van der Waals surface area contributed by atoms with Crippen molar-refractivity contribution in [1.82, 2.24) is 19.7 Å². The van der Waals surface area contributed by atoms with Crippen LogP contribution in [0.1, 0.15) is 0 Å². The molecule has 0 aliphatic heterocycles. The van der Waals surface area contributed by atoms with Crippen LogP contribution in [-0.2, 0) is 7.05 Å². The van der Waals surface area contributed by atoms with Crippen molar-refractivity contribution in [3.8, 4) is 0 Å². The number of fused-ring (bicyclic) bond motifs is 1. The quantitative estimate of drug-likeness (QED) is 0.732. The van der Waals surface area contributed by atoms with Gasteiger partial charge in [-0.15, -0.1) is 0 Å². The third-order valence-corrected chi connectivity index (χ3v) is 2.91. The molecule has 2 heterocycles. The molecule has 2 aromatic heterocycles. The van der Waals surface area contributed by atoms with Crippen LogP contribution in [-0.4, -0.2) is 19.7 Å². The fraction of sp³-hybridized carbons (Fsp3) is 0.0833. The molecule has 19 heavy (non-hydrogen) atoms. The molecule has 0 amide bonds. The highest BCUT2D eigenvalue weighted by molar-refractivity contribution is 6.28. The van der Waals surface area contributed by atoms with Gasteiger partial charge in [0.2, 0.25) is 5.28 Å². The number of anilines is 2. The Bertz CT molecular complexity index is 755. The van der Waals surface area contributed by atoms with E-state index >= 15 is 0 Å². The van der Waals surface area contributed by atoms with Crippen LogP contribution in [0.15, 0.2) is 30.6 Å². The Kier molecular flexibility index (Phi) is 2.79. The third kappa shape index (κ3) is 2.22. The van der Waals surface area contributed by atoms with E-state index in [4.69, 9.17) is 11.6 Å². The monoisotopic (exact) mass is 277 g/mol. The zero-order valence-corrected chi connectivity index (χ0v) is 10.7. The predicted molar refractivity (Wildman–Crippen MR) is 71.0 cm³/mol. The van der Waals surface area contributed by atoms with Crippen LogP contribution in [0.5, 0.6) is 0 Å². The molecule has 3 aromatic rings. The first-order chi connectivity index (χ1) is 9.13. The van der Waals surface area contributed by atoms with Crippen molar-refractivity contribution in [2.24, 2.45) is 7.05 Å². The fourth-order valence-electron chi connectivity index (χ4n) is 1.79. The lowest BCUT2D eigenvalue weighted by Crippen LogP contribution is -1.99. The lowest BCUT2D eigenvalue weighted by atomic mass is 10.2. The molecule has 0 unspecified atom stereocenters. The number of nitrogens with zero attached hydrogens (tertiary/aromatic N) is 4. The first kappa shape index (κ1) is 11.9. The van der Waals surface area contributed by atoms with E-state index < -0.39 is 5.82 Å². The number of aryl methyl sites for hydroxylation is 1. The minimum absolute atomic E-state index is 0.00879. The number of hydrogen-bond acceptors (Lipinski definition) is 4. The molecule has 0 radical (unpaired) electrons. The number of nitrogens with one attached hydrogen (secondary N) is 1. The number of hydrogen-bond donors (Lipinski definition) is 1. The molecule has 0 saturated heterocycles. The molecule has 1 aromatic carbocycles. The minimum Gasteiger partial charge on any atom is -0.338 e. The standard InChI is InChI=1S/C12H9ClFN5/c1-19-10-4-8(3-2-7(10)5-16-19)17-11-9(14)6-15-12(13)18-11/h2-6H,1H3,(H,15,17,18). The van der Waals surface area contributed by atoms with Gasteiger partial charge in [0, 0.05) is 18.1 Å². The van der Waals surface area contributed by atoms with Crippen molar-refractivity contribution in [1.29, 1.82) is 0 Å². The smallest absolute Gasteiger partial charge is 0.224 e. The Labute approximate surface area is 113 Å². The van der Waals surface area contributed by atoms with E-state index in [1.54, 1.807) is 10.9 Å². The van der Waals surface area contributed by atoms with Crippen LogP contribution >= 0.6 is 11.6 Å². The first-order valence-corrected chi connectivity index (χ1v) is 5.88. The molecule has 0 bridgehead atoms. The Hall–Kier alpha value is -2.21. The molecule has 0 saturated carbocycles. The second kappa shape index (κ2) is 4.47. The molecule has 1 N–H and O–H groups in total. The highest BCUT2D eigenvalue weighted by Gasteiger charge is 2.07. The molecule has 0 fully saturated rings. The second-order valence-corrected chi connectivity index (χ2v) is 4.34. The van der Waals surface area contributed by atoms with Crippen LogP contribution in [0.3, 0.4) is 0 Å². The van der Waals surface area contributed by atoms with Crippen molar-refractivity contribution in [2.75, 3.05) is 5.32 Å². The minimum atomic E-state index is -0.561. The molecular weight excluding hydrogens is 269 g/mol. The lowest BCUT2D eigenvalue weighted by molar-refractivity contribution is 0.619. The molecule has 0 atom stereocenters. The Morgan fingerprint density at radius 2 is 2.16 bits per heavy atom. The van der Waals surface area contributed by atoms with Gasteiger partial charge < -0.3 is 5.32 Å². The van der Waals surface area contributed by atoms with Crippen molar-refractivity contribution >= 4 is 34.0 Å². The van der Waals surface area contributed by atoms with E-state index in [0.717, 1.165) is 17.1 Å². The highest BCUT2D eigenvalue weighted by atomic mass is 35.5. The Balaban J connectivity index is 2.00. The summed E-state index contributed by atoms with van der Waals surface area (Å²) in [6, 6.07) is 5.57. The molecule has 0 aliphatic rings. The summed E-state index contributed by atoms with van der Waals surface area (Å²) in [5.74, 6) is -0.518. The Morgan fingerprint density at radius 1 is 1.32 bits per heavy atom. The maximum absolute atomic E-state index is 13.5. The van der Waals surface area contributed by atoms with Crippen molar-refractivity contribution in [3.05, 3.63) is 41.7 Å². The summed E-state index contributed by atoms with van der Waals surface area (Å²) in [5, 5.41) is 8.01. The summed E-state index contributed by atoms with van der Waals surface area (Å²) >= 11 is 5.64. The van der Waals surface area contributed by atoms with Gasteiger partial charge in [-0.3, -0.25) is 4.68 Å². The second-order valence-electron chi connectivity index (χ2n) is 4.00. The number of benzene rings is 1. The average Bonchev–Trinajstić information content (AvgIpc) is 2.76. The Morgan fingerprint density at radius 3 is 3.00 bits per heavy atom. The van der Waals surface area contributed by atoms with Crippen LogP contribution < -0.4 is 5.32 Å². The van der Waals surface area contributed by atoms with Crippen LogP contribution in [0.4, 0.5) is 15.9 Å². The normalized spacial score (nSPS) is 10.9. The number of rotatable bonds is 2. The molecule has 5 nitrogen and oxygen atoms in total. The first-order valence-electron chi connectivity index (χ1n) is 5.50. The van der Waals surface area contributed by atoms with Gasteiger partial charge in [0.1, 0.15) is 0 Å². The maximum Gasteiger partial charge on any atom is 0.224 e. The van der Waals surface area contributed by atoms with E-state index in [2.05, 4.69) is 20.4 Å². The molecule has 0 spiro atoms. The van der Waals surface area contributed by atoms with Crippen molar-refractivity contribution in [3.63, 3.8) is 0 Å². The van der Waals surface area contributed by atoms with Gasteiger partial charge in [0.15, 0.2) is 11.6 Å². The van der Waals surface area contributed by atoms with Crippen molar-refractivity contribution in [2.45, 2.75) is 0 Å². The zero-order chi connectivity index (χ0) is 13.4. The summed E-state index contributed by atoms with van der Waals surface area (Å²) in [7, 11) is 1.84. The van der Waals surface area contributed by atoms with Gasteiger partial charge >= 0.3 is 0 Å². The topological polar surface area (TPSA) is 55.6 Å².